The fourth-order valence-electron chi connectivity index (χ4n) is 8.71. The van der Waals surface area contributed by atoms with Crippen molar-refractivity contribution in [2.24, 2.45) is 46.3 Å². The van der Waals surface area contributed by atoms with Crippen molar-refractivity contribution in [2.45, 2.75) is 118 Å². The molecule has 0 unspecified atom stereocenters. The molecule has 1 saturated heterocycles. The van der Waals surface area contributed by atoms with Crippen LogP contribution in [0.25, 0.3) is 0 Å². The van der Waals surface area contributed by atoms with Crippen LogP contribution < -0.4 is 0 Å². The van der Waals surface area contributed by atoms with E-state index in [1.807, 2.05) is 0 Å². The van der Waals surface area contributed by atoms with Crippen LogP contribution in [-0.2, 0) is 4.74 Å². The van der Waals surface area contributed by atoms with Crippen LogP contribution in [0.1, 0.15) is 105 Å². The Hall–Kier alpha value is -0.0800. The summed E-state index contributed by atoms with van der Waals surface area (Å²) in [6.07, 6.45) is 14.3. The summed E-state index contributed by atoms with van der Waals surface area (Å²) in [5.41, 5.74) is 0.890. The van der Waals surface area contributed by atoms with Gasteiger partial charge >= 0.3 is 0 Å². The summed E-state index contributed by atoms with van der Waals surface area (Å²) in [6, 6.07) is 0. The molecule has 0 aromatic heterocycles. The molecule has 1 heterocycles. The van der Waals surface area contributed by atoms with Gasteiger partial charge in [-0.3, -0.25) is 0 Å². The maximum absolute atomic E-state index is 10.0. The number of hydrogen-bond donors (Lipinski definition) is 1. The van der Waals surface area contributed by atoms with Gasteiger partial charge < -0.3 is 9.84 Å². The summed E-state index contributed by atoms with van der Waals surface area (Å²) in [4.78, 5) is 0. The molecule has 0 aromatic carbocycles. The van der Waals surface area contributed by atoms with E-state index < -0.39 is 6.29 Å². The van der Waals surface area contributed by atoms with E-state index in [-0.39, 0.29) is 0 Å². The first kappa shape index (κ1) is 21.2. The molecule has 2 heteroatoms. The average Bonchev–Trinajstić information content (AvgIpc) is 2.99. The zero-order chi connectivity index (χ0) is 20.1. The van der Waals surface area contributed by atoms with Gasteiger partial charge in [-0.1, -0.05) is 53.9 Å². The number of aliphatic hydroxyl groups excluding tert-OH is 1. The second-order valence-corrected chi connectivity index (χ2v) is 12.1. The SMILES string of the molecule is CC(C)CCC[C@@H](C)[C@H]1CC[C@H]2[C@@H]3CC[C@H]4O[C@@H](O)CC[C@]4(C)[C@H]3CC[C@]12C. The van der Waals surface area contributed by atoms with E-state index in [1.165, 1.54) is 64.2 Å². The predicted octanol–water partition coefficient (Wildman–Crippen LogP) is 6.81. The highest BCUT2D eigenvalue weighted by atomic mass is 16.6. The molecule has 0 amide bonds. The largest absolute Gasteiger partial charge is 0.368 e. The number of ether oxygens (including phenoxy) is 1. The minimum Gasteiger partial charge on any atom is -0.368 e. The molecule has 0 radical (unpaired) electrons. The van der Waals surface area contributed by atoms with Gasteiger partial charge in [0, 0.05) is 0 Å². The van der Waals surface area contributed by atoms with Gasteiger partial charge in [0.2, 0.25) is 0 Å². The van der Waals surface area contributed by atoms with Crippen molar-refractivity contribution in [1.29, 1.82) is 0 Å². The third-order valence-electron chi connectivity index (χ3n) is 10.2. The van der Waals surface area contributed by atoms with Gasteiger partial charge in [-0.2, -0.15) is 0 Å². The smallest absolute Gasteiger partial charge is 0.154 e. The normalized spacial score (nSPS) is 49.4. The van der Waals surface area contributed by atoms with E-state index in [2.05, 4.69) is 34.6 Å². The molecule has 3 saturated carbocycles. The Morgan fingerprint density at radius 3 is 2.32 bits per heavy atom. The Bertz CT molecular complexity index is 545. The quantitative estimate of drug-likeness (QED) is 0.559. The second-order valence-electron chi connectivity index (χ2n) is 12.1. The van der Waals surface area contributed by atoms with E-state index in [1.54, 1.807) is 0 Å². The van der Waals surface area contributed by atoms with Gasteiger partial charge in [-0.25, -0.2) is 0 Å². The average molecular weight is 391 g/mol. The highest BCUT2D eigenvalue weighted by Gasteiger charge is 2.61. The molecule has 4 aliphatic rings. The Morgan fingerprint density at radius 2 is 1.57 bits per heavy atom. The summed E-state index contributed by atoms with van der Waals surface area (Å²) < 4.78 is 6.06. The number of fused-ring (bicyclic) bond motifs is 5. The number of hydrogen-bond acceptors (Lipinski definition) is 2. The molecule has 0 bridgehead atoms. The van der Waals surface area contributed by atoms with E-state index >= 15 is 0 Å². The van der Waals surface area contributed by atoms with Crippen molar-refractivity contribution in [3.63, 3.8) is 0 Å². The summed E-state index contributed by atoms with van der Waals surface area (Å²) in [5, 5.41) is 10.0. The summed E-state index contributed by atoms with van der Waals surface area (Å²) in [6.45, 7) is 12.5. The summed E-state index contributed by atoms with van der Waals surface area (Å²) >= 11 is 0. The van der Waals surface area contributed by atoms with Gasteiger partial charge in [-0.15, -0.1) is 0 Å². The third kappa shape index (κ3) is 3.49. The molecular formula is C26H46O2. The van der Waals surface area contributed by atoms with Crippen LogP contribution >= 0.6 is 0 Å². The molecular weight excluding hydrogens is 344 g/mol. The van der Waals surface area contributed by atoms with Gasteiger partial charge in [0.15, 0.2) is 6.29 Å². The summed E-state index contributed by atoms with van der Waals surface area (Å²) in [7, 11) is 0. The highest BCUT2D eigenvalue weighted by Crippen LogP contribution is 2.67. The van der Waals surface area contributed by atoms with Crippen molar-refractivity contribution in [1.82, 2.24) is 0 Å². The van der Waals surface area contributed by atoms with Gasteiger partial charge in [-0.05, 0) is 97.7 Å². The zero-order valence-electron chi connectivity index (χ0n) is 19.3. The molecule has 28 heavy (non-hydrogen) atoms. The van der Waals surface area contributed by atoms with Crippen molar-refractivity contribution >= 4 is 0 Å². The van der Waals surface area contributed by atoms with Gasteiger partial charge in [0.1, 0.15) is 0 Å². The van der Waals surface area contributed by atoms with Crippen LogP contribution in [-0.4, -0.2) is 17.5 Å². The fourth-order valence-corrected chi connectivity index (χ4v) is 8.71. The maximum atomic E-state index is 10.0. The van der Waals surface area contributed by atoms with Gasteiger partial charge in [0.25, 0.3) is 0 Å². The lowest BCUT2D eigenvalue weighted by molar-refractivity contribution is -0.248. The van der Waals surface area contributed by atoms with Crippen LogP contribution in [0.15, 0.2) is 0 Å². The minimum absolute atomic E-state index is 0.300. The van der Waals surface area contributed by atoms with Crippen molar-refractivity contribution < 1.29 is 9.84 Å². The minimum atomic E-state index is -0.508. The molecule has 0 aromatic rings. The van der Waals surface area contributed by atoms with Crippen molar-refractivity contribution in [3.8, 4) is 0 Å². The first-order valence-electron chi connectivity index (χ1n) is 12.6. The van der Waals surface area contributed by atoms with Crippen LogP contribution in [0.5, 0.6) is 0 Å². The zero-order valence-corrected chi connectivity index (χ0v) is 19.3. The first-order chi connectivity index (χ1) is 13.3. The lowest BCUT2D eigenvalue weighted by Gasteiger charge is -2.60. The van der Waals surface area contributed by atoms with Gasteiger partial charge in [0.05, 0.1) is 6.10 Å². The van der Waals surface area contributed by atoms with Crippen LogP contribution in [0.4, 0.5) is 0 Å². The monoisotopic (exact) mass is 390 g/mol. The topological polar surface area (TPSA) is 29.5 Å². The van der Waals surface area contributed by atoms with Crippen LogP contribution in [0.2, 0.25) is 0 Å². The fraction of sp³-hybridized carbons (Fsp3) is 1.00. The first-order valence-corrected chi connectivity index (χ1v) is 12.6. The lowest BCUT2D eigenvalue weighted by atomic mass is 9.47. The van der Waals surface area contributed by atoms with Crippen molar-refractivity contribution in [2.75, 3.05) is 0 Å². The van der Waals surface area contributed by atoms with E-state index in [4.69, 9.17) is 4.74 Å². The van der Waals surface area contributed by atoms with Crippen molar-refractivity contribution in [3.05, 3.63) is 0 Å². The standard InChI is InChI=1S/C26H46O2/c1-17(2)7-6-8-18(3)20-10-11-21-19-9-12-23-26(5,16-14-24(27)28-23)22(19)13-15-25(20,21)4/h17-24,27H,6-16H2,1-5H3/t18-,19+,20-,21+,22+,23-,24-,25-,26-/m1/s1. The summed E-state index contributed by atoms with van der Waals surface area (Å²) in [5.74, 6) is 5.36. The van der Waals surface area contributed by atoms with E-state index in [9.17, 15) is 5.11 Å². The molecule has 1 N–H and O–H groups in total. The van der Waals surface area contributed by atoms with E-state index in [0.29, 0.717) is 16.9 Å². The second kappa shape index (κ2) is 7.88. The Labute approximate surface area is 174 Å². The highest BCUT2D eigenvalue weighted by molar-refractivity contribution is 5.09. The lowest BCUT2D eigenvalue weighted by Crippen LogP contribution is -2.57. The Morgan fingerprint density at radius 1 is 0.857 bits per heavy atom. The van der Waals surface area contributed by atoms with E-state index in [0.717, 1.165) is 41.9 Å². The maximum Gasteiger partial charge on any atom is 0.154 e. The number of rotatable bonds is 5. The Balaban J connectivity index is 1.46. The predicted molar refractivity (Wildman–Crippen MR) is 116 cm³/mol. The molecule has 4 fully saturated rings. The van der Waals surface area contributed by atoms with Crippen LogP contribution in [0, 0.1) is 46.3 Å². The molecule has 4 rings (SSSR count). The Kier molecular flexibility index (Phi) is 5.95. The molecule has 3 aliphatic carbocycles. The number of aliphatic hydroxyl groups is 1. The molecule has 162 valence electrons. The molecule has 1 aliphatic heterocycles. The van der Waals surface area contributed by atoms with Crippen LogP contribution in [0.3, 0.4) is 0 Å². The molecule has 9 atom stereocenters. The molecule has 2 nitrogen and oxygen atoms in total. The third-order valence-corrected chi connectivity index (χ3v) is 10.2. The molecule has 0 spiro atoms.